The Balaban J connectivity index is 2.29. The summed E-state index contributed by atoms with van der Waals surface area (Å²) in [4.78, 5) is 1.48. The molecule has 2 rings (SSSR count). The Hall–Kier alpha value is -1.63. The second-order valence-corrected chi connectivity index (χ2v) is 6.61. The molecule has 0 aliphatic heterocycles. The van der Waals surface area contributed by atoms with Crippen LogP contribution < -0.4 is 0 Å². The van der Waals surface area contributed by atoms with Crippen LogP contribution in [0.1, 0.15) is 11.1 Å². The maximum atomic E-state index is 13.1. The van der Waals surface area contributed by atoms with Crippen LogP contribution in [0.15, 0.2) is 66.7 Å². The number of rotatable bonds is 6. The molecule has 6 heteroatoms. The van der Waals surface area contributed by atoms with Gasteiger partial charge in [-0.25, -0.2) is 0 Å². The molecule has 0 saturated heterocycles. The molecule has 2 atom stereocenters. The lowest BCUT2D eigenvalue weighted by Gasteiger charge is -2.31. The van der Waals surface area contributed by atoms with E-state index in [0.717, 1.165) is 11.1 Å². The molecule has 0 heterocycles. The van der Waals surface area contributed by atoms with Gasteiger partial charge in [-0.05, 0) is 24.3 Å². The molecule has 0 bridgehead atoms. The topological polar surface area (TPSA) is 23.5 Å². The number of aliphatic hydroxyl groups is 1. The Labute approximate surface area is 153 Å². The van der Waals surface area contributed by atoms with Crippen molar-refractivity contribution in [2.45, 2.75) is 24.9 Å². The van der Waals surface area contributed by atoms with E-state index in [0.29, 0.717) is 4.48 Å². The fraction of sp³-hybridized carbons (Fsp3) is 0.263. The van der Waals surface area contributed by atoms with Crippen molar-refractivity contribution in [1.29, 1.82) is 0 Å². The van der Waals surface area contributed by atoms with Crippen LogP contribution in [0.25, 0.3) is 4.48 Å². The Morgan fingerprint density at radius 1 is 1.08 bits per heavy atom. The predicted octanol–water partition coefficient (Wildman–Crippen LogP) is 4.85. The molecule has 0 amide bonds. The van der Waals surface area contributed by atoms with E-state index < -0.39 is 18.3 Å². The van der Waals surface area contributed by atoms with Gasteiger partial charge in [-0.15, -0.1) is 0 Å². The standard InChI is InChI=1S/C19H19BrF3NO/c1-24(13-14-8-4-2-5-9-14)17(18(25)19(21,22)23)12-16(20)15-10-6-3-7-11-15/h2-12,17-18,25H,13H2,1H3/b16-12-/t17-,18-/m1/s1. The maximum Gasteiger partial charge on any atom is 0.416 e. The quantitative estimate of drug-likeness (QED) is 0.731. The van der Waals surface area contributed by atoms with Gasteiger partial charge in [-0.1, -0.05) is 76.6 Å². The van der Waals surface area contributed by atoms with Crippen LogP contribution in [0.4, 0.5) is 13.2 Å². The molecule has 0 aliphatic carbocycles. The van der Waals surface area contributed by atoms with Gasteiger partial charge in [0.25, 0.3) is 0 Å². The molecule has 0 spiro atoms. The summed E-state index contributed by atoms with van der Waals surface area (Å²) < 4.78 is 39.9. The third-order valence-electron chi connectivity index (χ3n) is 3.81. The fourth-order valence-electron chi connectivity index (χ4n) is 2.47. The first-order chi connectivity index (χ1) is 11.8. The molecule has 0 fully saturated rings. The number of hydrogen-bond donors (Lipinski definition) is 1. The normalized spacial score (nSPS) is 15.2. The van der Waals surface area contributed by atoms with Gasteiger partial charge in [0.2, 0.25) is 0 Å². The van der Waals surface area contributed by atoms with E-state index in [9.17, 15) is 18.3 Å². The number of nitrogens with zero attached hydrogens (tertiary/aromatic N) is 1. The average Bonchev–Trinajstić information content (AvgIpc) is 2.59. The van der Waals surface area contributed by atoms with Crippen LogP contribution in [-0.4, -0.2) is 35.4 Å². The molecule has 0 saturated carbocycles. The van der Waals surface area contributed by atoms with Gasteiger partial charge in [-0.2, -0.15) is 13.2 Å². The van der Waals surface area contributed by atoms with Crippen LogP contribution in [0.5, 0.6) is 0 Å². The highest BCUT2D eigenvalue weighted by atomic mass is 79.9. The van der Waals surface area contributed by atoms with E-state index >= 15 is 0 Å². The minimum absolute atomic E-state index is 0.282. The molecule has 2 aromatic rings. The third-order valence-corrected chi connectivity index (χ3v) is 4.53. The van der Waals surface area contributed by atoms with Crippen molar-refractivity contribution < 1.29 is 18.3 Å². The van der Waals surface area contributed by atoms with E-state index in [1.807, 2.05) is 36.4 Å². The van der Waals surface area contributed by atoms with Crippen LogP contribution in [0.2, 0.25) is 0 Å². The Kier molecular flexibility index (Phi) is 6.81. The Bertz CT molecular complexity index is 689. The van der Waals surface area contributed by atoms with E-state index in [4.69, 9.17) is 0 Å². The summed E-state index contributed by atoms with van der Waals surface area (Å²) in [6.07, 6.45) is -5.80. The zero-order valence-electron chi connectivity index (χ0n) is 13.6. The van der Waals surface area contributed by atoms with E-state index in [2.05, 4.69) is 15.9 Å². The van der Waals surface area contributed by atoms with Crippen molar-refractivity contribution in [1.82, 2.24) is 4.90 Å². The predicted molar refractivity (Wildman–Crippen MR) is 97.1 cm³/mol. The fourth-order valence-corrected chi connectivity index (χ4v) is 3.01. The summed E-state index contributed by atoms with van der Waals surface area (Å²) in [5.74, 6) is 0. The van der Waals surface area contributed by atoms with Gasteiger partial charge in [-0.3, -0.25) is 4.90 Å². The summed E-state index contributed by atoms with van der Waals surface area (Å²) in [6, 6.07) is 16.9. The van der Waals surface area contributed by atoms with Crippen LogP contribution >= 0.6 is 15.9 Å². The first kappa shape index (κ1) is 19.7. The van der Waals surface area contributed by atoms with Crippen LogP contribution in [-0.2, 0) is 6.54 Å². The van der Waals surface area contributed by atoms with Crippen molar-refractivity contribution in [3.8, 4) is 0 Å². The summed E-state index contributed by atoms with van der Waals surface area (Å²) in [7, 11) is 1.56. The smallest absolute Gasteiger partial charge is 0.382 e. The van der Waals surface area contributed by atoms with E-state index in [-0.39, 0.29) is 6.54 Å². The van der Waals surface area contributed by atoms with E-state index in [1.165, 1.54) is 11.0 Å². The molecule has 134 valence electrons. The lowest BCUT2D eigenvalue weighted by atomic mass is 10.1. The number of aliphatic hydroxyl groups excluding tert-OH is 1. The molecule has 2 nitrogen and oxygen atoms in total. The molecular formula is C19H19BrF3NO. The van der Waals surface area contributed by atoms with Crippen molar-refractivity contribution in [3.05, 3.63) is 77.9 Å². The molecular weight excluding hydrogens is 395 g/mol. The molecule has 0 aliphatic rings. The lowest BCUT2D eigenvalue weighted by Crippen LogP contribution is -2.47. The largest absolute Gasteiger partial charge is 0.416 e. The molecule has 1 N–H and O–H groups in total. The lowest BCUT2D eigenvalue weighted by molar-refractivity contribution is -0.216. The number of benzene rings is 2. The van der Waals surface area contributed by atoms with Crippen LogP contribution in [0.3, 0.4) is 0 Å². The molecule has 2 aromatic carbocycles. The maximum absolute atomic E-state index is 13.1. The van der Waals surface area contributed by atoms with Gasteiger partial charge < -0.3 is 5.11 Å². The average molecular weight is 414 g/mol. The van der Waals surface area contributed by atoms with Crippen molar-refractivity contribution >= 4 is 20.4 Å². The van der Waals surface area contributed by atoms with Gasteiger partial charge in [0.05, 0.1) is 6.04 Å². The number of halogens is 4. The highest BCUT2D eigenvalue weighted by Crippen LogP contribution is 2.29. The van der Waals surface area contributed by atoms with E-state index in [1.54, 1.807) is 31.3 Å². The number of likely N-dealkylation sites (N-methyl/N-ethyl adjacent to an activating group) is 1. The van der Waals surface area contributed by atoms with Gasteiger partial charge in [0, 0.05) is 11.0 Å². The second kappa shape index (κ2) is 8.65. The third kappa shape index (κ3) is 5.70. The van der Waals surface area contributed by atoms with Crippen molar-refractivity contribution in [2.24, 2.45) is 0 Å². The minimum atomic E-state index is -4.71. The second-order valence-electron chi connectivity index (χ2n) is 5.76. The van der Waals surface area contributed by atoms with Gasteiger partial charge in [0.15, 0.2) is 6.10 Å². The summed E-state index contributed by atoms with van der Waals surface area (Å²) >= 11 is 3.33. The Morgan fingerprint density at radius 2 is 1.60 bits per heavy atom. The first-order valence-corrected chi connectivity index (χ1v) is 8.50. The highest BCUT2D eigenvalue weighted by Gasteiger charge is 2.44. The van der Waals surface area contributed by atoms with Gasteiger partial charge in [0.1, 0.15) is 0 Å². The Morgan fingerprint density at radius 3 is 2.12 bits per heavy atom. The summed E-state index contributed by atoms with van der Waals surface area (Å²) in [5.41, 5.74) is 1.61. The van der Waals surface area contributed by atoms with Crippen LogP contribution in [0, 0.1) is 0 Å². The number of alkyl halides is 3. The molecule has 25 heavy (non-hydrogen) atoms. The van der Waals surface area contributed by atoms with Crippen molar-refractivity contribution in [3.63, 3.8) is 0 Å². The van der Waals surface area contributed by atoms with Gasteiger partial charge >= 0.3 is 6.18 Å². The SMILES string of the molecule is CN(Cc1ccccc1)[C@H](/C=C(\Br)c1ccccc1)[C@@H](O)C(F)(F)F. The zero-order valence-corrected chi connectivity index (χ0v) is 15.2. The first-order valence-electron chi connectivity index (χ1n) is 7.70. The molecule has 0 unspecified atom stereocenters. The minimum Gasteiger partial charge on any atom is -0.382 e. The summed E-state index contributed by atoms with van der Waals surface area (Å²) in [5, 5.41) is 9.86. The van der Waals surface area contributed by atoms with Crippen molar-refractivity contribution in [2.75, 3.05) is 7.05 Å². The zero-order chi connectivity index (χ0) is 18.4. The highest BCUT2D eigenvalue weighted by molar-refractivity contribution is 9.15. The molecule has 0 radical (unpaired) electrons. The molecule has 0 aromatic heterocycles. The summed E-state index contributed by atoms with van der Waals surface area (Å²) in [6.45, 7) is 0.282. The monoisotopic (exact) mass is 413 g/mol. The number of hydrogen-bond acceptors (Lipinski definition) is 2.